The highest BCUT2D eigenvalue weighted by atomic mass is 16.7. The van der Waals surface area contributed by atoms with E-state index in [-0.39, 0.29) is 18.3 Å². The number of ether oxygens (including phenoxy) is 6. The normalized spacial score (nSPS) is 53.2. The van der Waals surface area contributed by atoms with Crippen molar-refractivity contribution >= 4 is 11.9 Å². The van der Waals surface area contributed by atoms with Crippen LogP contribution in [0.5, 0.6) is 0 Å². The monoisotopic (exact) mass is 506 g/mol. The highest BCUT2D eigenvalue weighted by molar-refractivity contribution is 5.87. The van der Waals surface area contributed by atoms with Gasteiger partial charge in [-0.05, 0) is 39.0 Å². The van der Waals surface area contributed by atoms with E-state index < -0.39 is 58.9 Å². The summed E-state index contributed by atoms with van der Waals surface area (Å²) in [5.41, 5.74) is -1.84. The summed E-state index contributed by atoms with van der Waals surface area (Å²) in [7, 11) is 0. The third-order valence-electron chi connectivity index (χ3n) is 10.5. The van der Waals surface area contributed by atoms with Gasteiger partial charge in [0.25, 0.3) is 0 Å². The average Bonchev–Trinajstić information content (AvgIpc) is 3.24. The zero-order valence-corrected chi connectivity index (χ0v) is 21.7. The van der Waals surface area contributed by atoms with Crippen molar-refractivity contribution in [3.63, 3.8) is 0 Å². The van der Waals surface area contributed by atoms with E-state index in [0.717, 1.165) is 12.8 Å². The van der Waals surface area contributed by atoms with Crippen LogP contribution in [-0.2, 0) is 38.0 Å². The van der Waals surface area contributed by atoms with E-state index in [1.807, 2.05) is 0 Å². The summed E-state index contributed by atoms with van der Waals surface area (Å²) in [6.45, 7) is 10.3. The first-order valence-corrected chi connectivity index (χ1v) is 13.3. The maximum Gasteiger partial charge on any atom is 0.335 e. The number of fused-ring (bicyclic) bond motifs is 2. The maximum atomic E-state index is 13.0. The summed E-state index contributed by atoms with van der Waals surface area (Å²) in [4.78, 5) is 25.4. The number of carbonyl (C=O) groups excluding carboxylic acids is 2. The number of aliphatic hydroxyl groups is 1. The lowest BCUT2D eigenvalue weighted by molar-refractivity contribution is -0.400. The molecule has 12 atom stereocenters. The molecule has 200 valence electrons. The van der Waals surface area contributed by atoms with Gasteiger partial charge >= 0.3 is 11.9 Å². The van der Waals surface area contributed by atoms with Gasteiger partial charge in [-0.3, -0.25) is 4.79 Å². The standard InChI is InChI=1S/C27H38O9/c1-6-13(2)22(30)36-24-27-19(33-15(4)28)9-14(3)25(5,18-10-16-7-8-31-23(16)35-18)21(27)20(29)17(34-24)11-26(27)12-32-26/h6,14,16-21,23-24,29H,7-12H2,1-5H3/b13-6+/t14-,16-,17+,18+,19+,20-,21-,23+,24?,25-,26+,27-/m1/s1. The van der Waals surface area contributed by atoms with Crippen molar-refractivity contribution in [1.82, 2.24) is 0 Å². The average molecular weight is 507 g/mol. The topological polar surface area (TPSA) is 113 Å². The molecule has 0 aromatic carbocycles. The van der Waals surface area contributed by atoms with E-state index in [0.29, 0.717) is 37.5 Å². The molecule has 7 aliphatic rings. The molecule has 7 rings (SSSR count). The number of epoxide rings is 1. The van der Waals surface area contributed by atoms with Crippen molar-refractivity contribution in [2.24, 2.45) is 28.6 Å². The molecule has 2 saturated carbocycles. The molecule has 5 aliphatic heterocycles. The van der Waals surface area contributed by atoms with Crippen molar-refractivity contribution in [3.05, 3.63) is 11.6 Å². The Morgan fingerprint density at radius 1 is 1.14 bits per heavy atom. The zero-order valence-electron chi connectivity index (χ0n) is 21.7. The fourth-order valence-electron chi connectivity index (χ4n) is 8.40. The molecule has 1 N–H and O–H groups in total. The number of rotatable bonds is 4. The molecule has 0 radical (unpaired) electrons. The quantitative estimate of drug-likeness (QED) is 0.349. The molecule has 0 aromatic heterocycles. The first kappa shape index (κ1) is 24.8. The van der Waals surface area contributed by atoms with Gasteiger partial charge in [0.15, 0.2) is 6.29 Å². The van der Waals surface area contributed by atoms with E-state index in [1.54, 1.807) is 19.9 Å². The number of aliphatic hydroxyl groups excluding tert-OH is 1. The van der Waals surface area contributed by atoms with Gasteiger partial charge in [-0.25, -0.2) is 4.79 Å². The van der Waals surface area contributed by atoms with Crippen LogP contribution in [0.4, 0.5) is 0 Å². The molecule has 9 nitrogen and oxygen atoms in total. The molecule has 0 aromatic rings. The molecule has 2 spiro atoms. The minimum absolute atomic E-state index is 0.0414. The van der Waals surface area contributed by atoms with E-state index in [2.05, 4.69) is 13.8 Å². The number of hydrogen-bond acceptors (Lipinski definition) is 9. The number of carbonyl (C=O) groups is 2. The molecule has 9 heteroatoms. The third-order valence-corrected chi connectivity index (χ3v) is 10.5. The SMILES string of the molecule is C/C=C(\C)C(=O)OC1O[C@H]2C[C@]3(CO3)[C@@]13[C@@H](OC(C)=O)C[C@@H](C)[C@](C)([C@@H]1C[C@H]4CCO[C@H]4O1)[C@H]3[C@@H]2O. The van der Waals surface area contributed by atoms with Crippen molar-refractivity contribution < 1.29 is 43.1 Å². The Labute approximate surface area is 211 Å². The lowest BCUT2D eigenvalue weighted by Gasteiger charge is -2.70. The summed E-state index contributed by atoms with van der Waals surface area (Å²) in [6.07, 6.45) is 0.981. The Balaban J connectivity index is 1.49. The summed E-state index contributed by atoms with van der Waals surface area (Å²) in [6, 6.07) is 0. The molecular weight excluding hydrogens is 468 g/mol. The van der Waals surface area contributed by atoms with Gasteiger partial charge < -0.3 is 33.5 Å². The number of esters is 2. The van der Waals surface area contributed by atoms with Gasteiger partial charge in [0.1, 0.15) is 17.1 Å². The molecule has 5 saturated heterocycles. The smallest absolute Gasteiger partial charge is 0.335 e. The Kier molecular flexibility index (Phi) is 5.67. The predicted molar refractivity (Wildman–Crippen MR) is 124 cm³/mol. The lowest BCUT2D eigenvalue weighted by atomic mass is 9.39. The van der Waals surface area contributed by atoms with Crippen LogP contribution in [0.3, 0.4) is 0 Å². The largest absolute Gasteiger partial charge is 0.462 e. The lowest BCUT2D eigenvalue weighted by Crippen LogP contribution is -2.80. The predicted octanol–water partition coefficient (Wildman–Crippen LogP) is 2.49. The summed E-state index contributed by atoms with van der Waals surface area (Å²) < 4.78 is 37.0. The summed E-state index contributed by atoms with van der Waals surface area (Å²) >= 11 is 0. The summed E-state index contributed by atoms with van der Waals surface area (Å²) in [5.74, 6) is -0.986. The second kappa shape index (κ2) is 8.24. The van der Waals surface area contributed by atoms with Gasteiger partial charge in [0, 0.05) is 36.2 Å². The van der Waals surface area contributed by atoms with Crippen molar-refractivity contribution in [3.8, 4) is 0 Å². The van der Waals surface area contributed by atoms with E-state index in [9.17, 15) is 14.7 Å². The van der Waals surface area contributed by atoms with E-state index in [1.165, 1.54) is 6.92 Å². The Morgan fingerprint density at radius 2 is 1.89 bits per heavy atom. The highest BCUT2D eigenvalue weighted by Gasteiger charge is 2.85. The van der Waals surface area contributed by atoms with Crippen LogP contribution >= 0.6 is 0 Å². The third kappa shape index (κ3) is 3.13. The number of hydrogen-bond donors (Lipinski definition) is 1. The fraction of sp³-hybridized carbons (Fsp3) is 0.852. The molecule has 2 bridgehead atoms. The molecule has 2 aliphatic carbocycles. The first-order chi connectivity index (χ1) is 17.1. The van der Waals surface area contributed by atoms with Crippen molar-refractivity contribution in [2.75, 3.05) is 13.2 Å². The molecule has 1 unspecified atom stereocenters. The van der Waals surface area contributed by atoms with Gasteiger partial charge in [0.05, 0.1) is 31.5 Å². The minimum Gasteiger partial charge on any atom is -0.462 e. The van der Waals surface area contributed by atoms with E-state index in [4.69, 9.17) is 28.4 Å². The van der Waals surface area contributed by atoms with Gasteiger partial charge in [-0.15, -0.1) is 0 Å². The van der Waals surface area contributed by atoms with Gasteiger partial charge in [-0.2, -0.15) is 0 Å². The molecule has 7 fully saturated rings. The van der Waals surface area contributed by atoms with Gasteiger partial charge in [0.2, 0.25) is 6.29 Å². The Bertz CT molecular complexity index is 962. The summed E-state index contributed by atoms with van der Waals surface area (Å²) in [5, 5.41) is 11.9. The second-order valence-electron chi connectivity index (χ2n) is 12.0. The van der Waals surface area contributed by atoms with Crippen LogP contribution < -0.4 is 0 Å². The Hall–Kier alpha value is -1.52. The second-order valence-corrected chi connectivity index (χ2v) is 12.0. The van der Waals surface area contributed by atoms with Crippen LogP contribution in [0.2, 0.25) is 0 Å². The molecular formula is C27H38O9. The van der Waals surface area contributed by atoms with Crippen LogP contribution in [0, 0.1) is 28.6 Å². The Morgan fingerprint density at radius 3 is 2.53 bits per heavy atom. The molecule has 0 amide bonds. The zero-order chi connectivity index (χ0) is 25.6. The maximum absolute atomic E-state index is 13.0. The van der Waals surface area contributed by atoms with E-state index >= 15 is 0 Å². The van der Waals surface area contributed by atoms with Crippen LogP contribution in [-0.4, -0.2) is 72.9 Å². The van der Waals surface area contributed by atoms with Crippen molar-refractivity contribution in [1.29, 1.82) is 0 Å². The van der Waals surface area contributed by atoms with Crippen molar-refractivity contribution in [2.45, 2.75) is 103 Å². The minimum atomic E-state index is -1.07. The van der Waals surface area contributed by atoms with Gasteiger partial charge in [-0.1, -0.05) is 19.9 Å². The van der Waals surface area contributed by atoms with Crippen LogP contribution in [0.25, 0.3) is 0 Å². The van der Waals surface area contributed by atoms with Crippen LogP contribution in [0.15, 0.2) is 11.6 Å². The highest BCUT2D eigenvalue weighted by Crippen LogP contribution is 2.74. The van der Waals surface area contributed by atoms with Crippen LogP contribution in [0.1, 0.15) is 60.3 Å². The fourth-order valence-corrected chi connectivity index (χ4v) is 8.40. The first-order valence-electron chi connectivity index (χ1n) is 13.3. The molecule has 36 heavy (non-hydrogen) atoms. The number of allylic oxidation sites excluding steroid dienone is 1. The molecule has 5 heterocycles.